The summed E-state index contributed by atoms with van der Waals surface area (Å²) >= 11 is 0. The van der Waals surface area contributed by atoms with E-state index in [1.807, 2.05) is 19.1 Å². The topological polar surface area (TPSA) is 132 Å². The minimum atomic E-state index is -5.08. The van der Waals surface area contributed by atoms with Gasteiger partial charge in [-0.2, -0.15) is 18.3 Å². The highest BCUT2D eigenvalue weighted by Gasteiger charge is 2.38. The Kier molecular flexibility index (Phi) is 7.67. The summed E-state index contributed by atoms with van der Waals surface area (Å²) in [4.78, 5) is 42.6. The molecule has 1 aliphatic rings. The second-order valence-electron chi connectivity index (χ2n) is 7.93. The molecule has 35 heavy (non-hydrogen) atoms. The fourth-order valence-corrected chi connectivity index (χ4v) is 3.53. The van der Waals surface area contributed by atoms with Gasteiger partial charge in [0.1, 0.15) is 12.0 Å². The molecule has 4 heterocycles. The Bertz CT molecular complexity index is 1280. The van der Waals surface area contributed by atoms with Crippen LogP contribution in [0.1, 0.15) is 31.9 Å². The van der Waals surface area contributed by atoms with Gasteiger partial charge in [-0.1, -0.05) is 13.3 Å². The summed E-state index contributed by atoms with van der Waals surface area (Å²) in [5.41, 5.74) is 2.87. The molecule has 186 valence electrons. The summed E-state index contributed by atoms with van der Waals surface area (Å²) < 4.78 is 34.8. The van der Waals surface area contributed by atoms with E-state index in [9.17, 15) is 22.8 Å². The predicted molar refractivity (Wildman–Crippen MR) is 119 cm³/mol. The van der Waals surface area contributed by atoms with Crippen molar-refractivity contribution in [1.29, 1.82) is 0 Å². The van der Waals surface area contributed by atoms with Gasteiger partial charge >= 0.3 is 12.1 Å². The minimum Gasteiger partial charge on any atom is -0.475 e. The molecule has 4 rings (SSSR count). The number of carbonyl (C=O) groups excluding carboxylic acids is 1. The molecule has 10 nitrogen and oxygen atoms in total. The first-order chi connectivity index (χ1) is 16.5. The molecule has 0 radical (unpaired) electrons. The number of amides is 1. The average molecular weight is 492 g/mol. The largest absolute Gasteiger partial charge is 0.490 e. The maximum atomic E-state index is 12.8. The van der Waals surface area contributed by atoms with Gasteiger partial charge in [-0.25, -0.2) is 14.3 Å². The number of alkyl halides is 3. The van der Waals surface area contributed by atoms with Crippen LogP contribution in [0.2, 0.25) is 0 Å². The summed E-state index contributed by atoms with van der Waals surface area (Å²) in [6, 6.07) is 5.28. The van der Waals surface area contributed by atoms with Gasteiger partial charge in [0.05, 0.1) is 5.69 Å². The van der Waals surface area contributed by atoms with E-state index >= 15 is 0 Å². The van der Waals surface area contributed by atoms with E-state index in [0.717, 1.165) is 42.6 Å². The summed E-state index contributed by atoms with van der Waals surface area (Å²) in [5.74, 6) is -2.63. The van der Waals surface area contributed by atoms with Gasteiger partial charge in [0.25, 0.3) is 5.56 Å². The van der Waals surface area contributed by atoms with Gasteiger partial charge in [-0.15, -0.1) is 0 Å². The number of nitrogens with zero attached hydrogens (tertiary/aromatic N) is 5. The van der Waals surface area contributed by atoms with Crippen LogP contribution in [-0.4, -0.2) is 47.5 Å². The second-order valence-corrected chi connectivity index (χ2v) is 7.93. The highest BCUT2D eigenvalue weighted by molar-refractivity contribution is 5.98. The van der Waals surface area contributed by atoms with Crippen molar-refractivity contribution in [3.8, 4) is 17.1 Å². The van der Waals surface area contributed by atoms with E-state index in [4.69, 9.17) is 9.90 Å². The lowest BCUT2D eigenvalue weighted by Crippen LogP contribution is -2.23. The Morgan fingerprint density at radius 3 is 2.57 bits per heavy atom. The Morgan fingerprint density at radius 2 is 1.91 bits per heavy atom. The number of hydrogen-bond acceptors (Lipinski definition) is 6. The van der Waals surface area contributed by atoms with Crippen molar-refractivity contribution < 1.29 is 27.9 Å². The number of anilines is 1. The van der Waals surface area contributed by atoms with Crippen molar-refractivity contribution in [2.24, 2.45) is 13.0 Å². The Morgan fingerprint density at radius 1 is 1.20 bits per heavy atom. The van der Waals surface area contributed by atoms with Crippen LogP contribution in [0.4, 0.5) is 18.9 Å². The number of fused-ring (bicyclic) bond motifs is 4. The first-order valence-electron chi connectivity index (χ1n) is 10.7. The third-order valence-corrected chi connectivity index (χ3v) is 5.33. The molecule has 0 saturated heterocycles. The van der Waals surface area contributed by atoms with Crippen molar-refractivity contribution in [3.05, 3.63) is 53.0 Å². The number of aryl methyl sites for hydroxylation is 2. The normalized spacial score (nSPS) is 16.0. The lowest BCUT2D eigenvalue weighted by atomic mass is 9.99. The molecule has 3 aromatic rings. The smallest absolute Gasteiger partial charge is 0.475 e. The number of carboxylic acids is 1. The van der Waals surface area contributed by atoms with Gasteiger partial charge in [0.15, 0.2) is 5.82 Å². The Hall–Kier alpha value is -4.03. The molecule has 1 unspecified atom stereocenters. The van der Waals surface area contributed by atoms with Crippen LogP contribution < -0.4 is 10.9 Å². The molecule has 0 fully saturated rings. The first-order valence-corrected chi connectivity index (χ1v) is 10.7. The van der Waals surface area contributed by atoms with Crippen molar-refractivity contribution in [1.82, 2.24) is 24.3 Å². The molecule has 0 saturated carbocycles. The summed E-state index contributed by atoms with van der Waals surface area (Å²) in [6.45, 7) is 1.92. The van der Waals surface area contributed by atoms with Gasteiger partial charge in [-0.05, 0) is 31.4 Å². The van der Waals surface area contributed by atoms with Crippen LogP contribution in [0.15, 0.2) is 41.7 Å². The number of carbonyl (C=O) groups is 2. The van der Waals surface area contributed by atoms with Crippen molar-refractivity contribution in [2.75, 3.05) is 5.32 Å². The number of pyridine rings is 1. The van der Waals surface area contributed by atoms with Gasteiger partial charge in [0, 0.05) is 42.7 Å². The van der Waals surface area contributed by atoms with Crippen LogP contribution in [0, 0.1) is 5.92 Å². The van der Waals surface area contributed by atoms with E-state index in [1.165, 1.54) is 23.2 Å². The summed E-state index contributed by atoms with van der Waals surface area (Å²) in [6.07, 6.45) is 3.14. The first kappa shape index (κ1) is 25.6. The van der Waals surface area contributed by atoms with E-state index in [-0.39, 0.29) is 17.4 Å². The predicted octanol–water partition coefficient (Wildman–Crippen LogP) is 2.96. The molecule has 0 aliphatic carbocycles. The summed E-state index contributed by atoms with van der Waals surface area (Å²) in [5, 5.41) is 14.7. The minimum absolute atomic E-state index is 0.0812. The number of aliphatic carboxylic acids is 1. The maximum Gasteiger partial charge on any atom is 0.490 e. The zero-order valence-electron chi connectivity index (χ0n) is 18.9. The van der Waals surface area contributed by atoms with Crippen LogP contribution in [0.3, 0.4) is 0 Å². The molecule has 0 spiro atoms. The van der Waals surface area contributed by atoms with E-state index in [0.29, 0.717) is 11.5 Å². The number of halogens is 3. The van der Waals surface area contributed by atoms with Gasteiger partial charge < -0.3 is 10.4 Å². The fourth-order valence-electron chi connectivity index (χ4n) is 3.53. The van der Waals surface area contributed by atoms with E-state index in [1.54, 1.807) is 17.9 Å². The monoisotopic (exact) mass is 492 g/mol. The van der Waals surface area contributed by atoms with Crippen LogP contribution >= 0.6 is 0 Å². The number of carboxylic acid groups (broad SMARTS) is 1. The number of rotatable bonds is 1. The fraction of sp³-hybridized carbons (Fsp3) is 0.364. The van der Waals surface area contributed by atoms with Crippen LogP contribution in [0.5, 0.6) is 0 Å². The second kappa shape index (κ2) is 10.5. The van der Waals surface area contributed by atoms with Gasteiger partial charge in [0.2, 0.25) is 5.91 Å². The molecule has 3 aromatic heterocycles. The maximum absolute atomic E-state index is 12.8. The number of hydrogen-bond donors (Lipinski definition) is 2. The molecular formula is C22H23F3N6O4. The molecule has 1 aliphatic heterocycles. The third-order valence-electron chi connectivity index (χ3n) is 5.33. The highest BCUT2D eigenvalue weighted by Crippen LogP contribution is 2.33. The number of aromatic nitrogens is 5. The quantitative estimate of drug-likeness (QED) is 0.534. The summed E-state index contributed by atoms with van der Waals surface area (Å²) in [7, 11) is 1.80. The van der Waals surface area contributed by atoms with Crippen LogP contribution in [0.25, 0.3) is 17.1 Å². The molecule has 2 N–H and O–H groups in total. The Labute approximate surface area is 197 Å². The van der Waals surface area contributed by atoms with E-state index in [2.05, 4.69) is 20.4 Å². The van der Waals surface area contributed by atoms with Crippen LogP contribution in [-0.2, 0) is 23.1 Å². The number of nitrogens with one attached hydrogen (secondary N) is 1. The van der Waals surface area contributed by atoms with Crippen molar-refractivity contribution in [3.63, 3.8) is 0 Å². The SMILES string of the molecule is CC1CCCCc2cc(ccn2)-c2c(c(-n3cnccc3=O)nn2C)NC1=O.O=C(O)C(F)(F)F. The molecule has 13 heteroatoms. The van der Waals surface area contributed by atoms with Crippen molar-refractivity contribution in [2.45, 2.75) is 38.8 Å². The lowest BCUT2D eigenvalue weighted by Gasteiger charge is -2.16. The Balaban J connectivity index is 0.000000429. The average Bonchev–Trinajstić information content (AvgIpc) is 3.11. The third kappa shape index (κ3) is 6.11. The highest BCUT2D eigenvalue weighted by atomic mass is 19.4. The van der Waals surface area contributed by atoms with Crippen molar-refractivity contribution >= 4 is 17.6 Å². The lowest BCUT2D eigenvalue weighted by molar-refractivity contribution is -0.192. The zero-order valence-corrected chi connectivity index (χ0v) is 18.9. The molecule has 1 amide bonds. The molecular weight excluding hydrogens is 469 g/mol. The molecule has 0 aromatic carbocycles. The molecule has 1 atom stereocenters. The zero-order chi connectivity index (χ0) is 25.8. The standard InChI is InChI=1S/C20H22N6O2.C2HF3O2/c1-13-5-3-4-6-15-11-14(7-10-22-15)18-17(23-20(13)28)19(24-25(18)2)26-12-21-9-8-16(26)27;3-2(4,5)1(6)7/h7-13H,3-6H2,1-2H3,(H,23,28);(H,6,7). The molecule has 2 bridgehead atoms. The van der Waals surface area contributed by atoms with Gasteiger partial charge in [-0.3, -0.25) is 19.3 Å². The van der Waals surface area contributed by atoms with E-state index < -0.39 is 12.1 Å².